The standard InChI is InChI=1S/C30H37NO6/c1-16-14-29-17(2)12-21-23(28(21,3)4)20(25(29)34)13-19(15-32)24(33)30(29,36)26(16)37-27(35)31-11-7-9-18-8-5-6-10-22(18)31/h5-6,8,10,13-14,17,20-21,23-24,26,32-33,36H,7,9,11-12,15H2,1-4H3/t17-,20+,21-,23+,24-,26+,29+,30+/m1/s1. The van der Waals surface area contributed by atoms with Gasteiger partial charge < -0.3 is 20.1 Å². The van der Waals surface area contributed by atoms with Gasteiger partial charge >= 0.3 is 6.09 Å². The Morgan fingerprint density at radius 3 is 2.70 bits per heavy atom. The molecule has 37 heavy (non-hydrogen) atoms. The fraction of sp³-hybridized carbons (Fsp3) is 0.600. The summed E-state index contributed by atoms with van der Waals surface area (Å²) in [5.41, 5.74) is -0.994. The second kappa shape index (κ2) is 8.01. The molecule has 1 heterocycles. The zero-order valence-electron chi connectivity index (χ0n) is 22.0. The van der Waals surface area contributed by atoms with Crippen LogP contribution in [0.2, 0.25) is 0 Å². The first-order valence-electron chi connectivity index (χ1n) is 13.5. The number of Topliss-reactive ketones (excluding diaryl/α,β-unsaturated/α-hetero) is 1. The molecule has 1 spiro atoms. The maximum atomic E-state index is 14.4. The quantitative estimate of drug-likeness (QED) is 0.530. The summed E-state index contributed by atoms with van der Waals surface area (Å²) in [6, 6.07) is 7.69. The smallest absolute Gasteiger partial charge is 0.414 e. The van der Waals surface area contributed by atoms with Gasteiger partial charge in [-0.2, -0.15) is 0 Å². The van der Waals surface area contributed by atoms with Crippen LogP contribution in [0.3, 0.4) is 0 Å². The summed E-state index contributed by atoms with van der Waals surface area (Å²) in [6.07, 6.45) is 2.43. The van der Waals surface area contributed by atoms with E-state index in [2.05, 4.69) is 13.8 Å². The summed E-state index contributed by atoms with van der Waals surface area (Å²) in [6.45, 7) is 8.03. The monoisotopic (exact) mass is 507 g/mol. The van der Waals surface area contributed by atoms with Crippen LogP contribution < -0.4 is 4.90 Å². The molecule has 1 aliphatic heterocycles. The average Bonchev–Trinajstić information content (AvgIpc) is 3.37. The Morgan fingerprint density at radius 1 is 1.24 bits per heavy atom. The molecule has 198 valence electrons. The van der Waals surface area contributed by atoms with Gasteiger partial charge in [0.1, 0.15) is 6.10 Å². The predicted molar refractivity (Wildman–Crippen MR) is 138 cm³/mol. The van der Waals surface area contributed by atoms with Crippen LogP contribution in [0, 0.1) is 34.5 Å². The number of para-hydroxylation sites is 1. The Balaban J connectivity index is 1.43. The number of amides is 1. The van der Waals surface area contributed by atoms with Gasteiger partial charge in [0.05, 0.1) is 17.7 Å². The molecule has 5 aliphatic rings. The van der Waals surface area contributed by atoms with Crippen molar-refractivity contribution >= 4 is 17.6 Å². The summed E-state index contributed by atoms with van der Waals surface area (Å²) in [5, 5.41) is 34.5. The zero-order valence-corrected chi connectivity index (χ0v) is 22.0. The number of hydrogen-bond acceptors (Lipinski definition) is 6. The first-order chi connectivity index (χ1) is 17.5. The molecule has 0 aromatic heterocycles. The molecule has 2 fully saturated rings. The van der Waals surface area contributed by atoms with Crippen molar-refractivity contribution in [3.05, 3.63) is 53.1 Å². The van der Waals surface area contributed by atoms with Crippen LogP contribution in [0.15, 0.2) is 47.6 Å². The second-order valence-corrected chi connectivity index (χ2v) is 12.5. The van der Waals surface area contributed by atoms with Gasteiger partial charge in [0.2, 0.25) is 0 Å². The molecule has 1 aromatic rings. The van der Waals surface area contributed by atoms with Crippen molar-refractivity contribution in [2.24, 2.45) is 34.5 Å². The largest absolute Gasteiger partial charge is 0.438 e. The van der Waals surface area contributed by atoms with Gasteiger partial charge in [-0.05, 0) is 72.1 Å². The third-order valence-electron chi connectivity index (χ3n) is 10.4. The lowest BCUT2D eigenvalue weighted by Gasteiger charge is -2.49. The van der Waals surface area contributed by atoms with Crippen molar-refractivity contribution in [2.75, 3.05) is 18.1 Å². The van der Waals surface area contributed by atoms with Gasteiger partial charge in [0.25, 0.3) is 0 Å². The third-order valence-corrected chi connectivity index (χ3v) is 10.4. The van der Waals surface area contributed by atoms with Crippen molar-refractivity contribution in [3.63, 3.8) is 0 Å². The van der Waals surface area contributed by atoms with E-state index in [0.717, 1.165) is 30.5 Å². The van der Waals surface area contributed by atoms with E-state index in [1.165, 1.54) is 0 Å². The number of nitrogens with zero attached hydrogens (tertiary/aromatic N) is 1. The molecular weight excluding hydrogens is 470 g/mol. The number of fused-ring (bicyclic) bond motifs is 4. The first-order valence-corrected chi connectivity index (χ1v) is 13.5. The van der Waals surface area contributed by atoms with Crippen molar-refractivity contribution in [3.8, 4) is 0 Å². The number of ketones is 1. The lowest BCUT2D eigenvalue weighted by molar-refractivity contribution is -0.189. The highest BCUT2D eigenvalue weighted by Crippen LogP contribution is 2.71. The van der Waals surface area contributed by atoms with Crippen molar-refractivity contribution in [2.45, 2.75) is 64.8 Å². The molecule has 7 nitrogen and oxygen atoms in total. The number of aliphatic hydroxyl groups excluding tert-OH is 2. The number of aliphatic hydroxyl groups is 3. The Labute approximate surface area is 217 Å². The van der Waals surface area contributed by atoms with Gasteiger partial charge in [-0.1, -0.05) is 51.1 Å². The maximum Gasteiger partial charge on any atom is 0.414 e. The maximum absolute atomic E-state index is 14.4. The van der Waals surface area contributed by atoms with Crippen LogP contribution in [-0.2, 0) is 16.0 Å². The Hall–Kier alpha value is -2.48. The van der Waals surface area contributed by atoms with Gasteiger partial charge in [-0.3, -0.25) is 9.69 Å². The highest BCUT2D eigenvalue weighted by molar-refractivity contribution is 5.96. The summed E-state index contributed by atoms with van der Waals surface area (Å²) in [7, 11) is 0. The van der Waals surface area contributed by atoms with Crippen LogP contribution >= 0.6 is 0 Å². The SMILES string of the molecule is CC1=C[C@]23C(=O)[C@@H](C=C(CO)[C@@H](O)[C@]2(O)[C@H]1OC(=O)N1CCCc2ccccc21)[C@H]1[C@@H](C[C@H]3C)C1(C)C. The number of anilines is 1. The summed E-state index contributed by atoms with van der Waals surface area (Å²) >= 11 is 0. The number of carbonyl (C=O) groups excluding carboxylic acids is 2. The lowest BCUT2D eigenvalue weighted by Crippen LogP contribution is -2.66. The number of benzene rings is 1. The predicted octanol–water partition coefficient (Wildman–Crippen LogP) is 3.41. The zero-order chi connectivity index (χ0) is 26.5. The van der Waals surface area contributed by atoms with E-state index in [0.29, 0.717) is 18.0 Å². The number of rotatable bonds is 2. The molecular formula is C30H37NO6. The fourth-order valence-electron chi connectivity index (χ4n) is 8.48. The Kier molecular flexibility index (Phi) is 5.38. The number of allylic oxidation sites excluding steroid dienone is 1. The van der Waals surface area contributed by atoms with Crippen LogP contribution in [0.4, 0.5) is 10.5 Å². The molecule has 6 rings (SSSR count). The van der Waals surface area contributed by atoms with E-state index >= 15 is 0 Å². The molecule has 4 aliphatic carbocycles. The average molecular weight is 508 g/mol. The molecule has 2 bridgehead atoms. The third kappa shape index (κ3) is 3.05. The van der Waals surface area contributed by atoms with E-state index in [9.17, 15) is 24.9 Å². The van der Waals surface area contributed by atoms with Crippen LogP contribution in [0.25, 0.3) is 0 Å². The molecule has 3 N–H and O–H groups in total. The molecule has 1 amide bonds. The number of carbonyl (C=O) groups is 2. The van der Waals surface area contributed by atoms with Gasteiger partial charge in [-0.25, -0.2) is 4.79 Å². The van der Waals surface area contributed by atoms with E-state index in [1.54, 1.807) is 24.0 Å². The second-order valence-electron chi connectivity index (χ2n) is 12.5. The highest BCUT2D eigenvalue weighted by atomic mass is 16.6. The van der Waals surface area contributed by atoms with Crippen molar-refractivity contribution < 1.29 is 29.6 Å². The normalized spacial score (nSPS) is 41.4. The molecule has 8 atom stereocenters. The van der Waals surface area contributed by atoms with E-state index in [4.69, 9.17) is 4.74 Å². The van der Waals surface area contributed by atoms with Crippen molar-refractivity contribution in [1.29, 1.82) is 0 Å². The lowest BCUT2D eigenvalue weighted by atomic mass is 9.59. The van der Waals surface area contributed by atoms with E-state index in [-0.39, 0.29) is 28.6 Å². The highest BCUT2D eigenvalue weighted by Gasteiger charge is 2.76. The number of hydrogen-bond donors (Lipinski definition) is 3. The first kappa shape index (κ1) is 24.8. The van der Waals surface area contributed by atoms with Crippen LogP contribution in [0.1, 0.15) is 46.1 Å². The minimum Gasteiger partial charge on any atom is -0.438 e. The van der Waals surface area contributed by atoms with Crippen molar-refractivity contribution in [1.82, 2.24) is 0 Å². The minimum absolute atomic E-state index is 0.0362. The topological polar surface area (TPSA) is 107 Å². The molecule has 7 heteroatoms. The molecule has 2 saturated carbocycles. The number of aryl methyl sites for hydroxylation is 1. The summed E-state index contributed by atoms with van der Waals surface area (Å²) < 4.78 is 6.06. The van der Waals surface area contributed by atoms with Gasteiger partial charge in [0, 0.05) is 12.5 Å². The molecule has 1 aromatic carbocycles. The molecule has 0 unspecified atom stereocenters. The number of ether oxygens (including phenoxy) is 1. The Morgan fingerprint density at radius 2 is 1.97 bits per heavy atom. The molecule has 0 saturated heterocycles. The van der Waals surface area contributed by atoms with E-state index < -0.39 is 41.8 Å². The fourth-order valence-corrected chi connectivity index (χ4v) is 8.48. The Bertz CT molecular complexity index is 1230. The van der Waals surface area contributed by atoms with Crippen LogP contribution in [-0.4, -0.2) is 58.2 Å². The van der Waals surface area contributed by atoms with E-state index in [1.807, 2.05) is 31.2 Å². The minimum atomic E-state index is -2.12. The van der Waals surface area contributed by atoms with Gasteiger partial charge in [-0.15, -0.1) is 0 Å². The molecule has 0 radical (unpaired) electrons. The van der Waals surface area contributed by atoms with Crippen LogP contribution in [0.5, 0.6) is 0 Å². The van der Waals surface area contributed by atoms with Gasteiger partial charge in [0.15, 0.2) is 17.5 Å². The summed E-state index contributed by atoms with van der Waals surface area (Å²) in [4.78, 5) is 29.6. The summed E-state index contributed by atoms with van der Waals surface area (Å²) in [5.74, 6) is -0.586.